The van der Waals surface area contributed by atoms with Crippen molar-refractivity contribution in [2.45, 2.75) is 30.0 Å². The van der Waals surface area contributed by atoms with Crippen molar-refractivity contribution in [2.75, 3.05) is 13.2 Å². The van der Waals surface area contributed by atoms with Gasteiger partial charge < -0.3 is 10.1 Å². The monoisotopic (exact) mass is 278 g/mol. The third kappa shape index (κ3) is 2.17. The molecule has 17 heavy (non-hydrogen) atoms. The standard InChI is InChI=1S/C9H14N2O4S2/c1-6-8(16-9(13)10-6)17(14,15)11-4-2-3-7(11)5-12/h7,12H,2-5H2,1H3,(H,10,13). The van der Waals surface area contributed by atoms with E-state index in [-0.39, 0.29) is 21.7 Å². The van der Waals surface area contributed by atoms with Gasteiger partial charge in [0.25, 0.3) is 10.0 Å². The molecule has 1 fully saturated rings. The van der Waals surface area contributed by atoms with Gasteiger partial charge in [-0.2, -0.15) is 4.31 Å². The van der Waals surface area contributed by atoms with Crippen LogP contribution in [0.25, 0.3) is 0 Å². The molecule has 2 rings (SSSR count). The average molecular weight is 278 g/mol. The molecule has 1 aromatic rings. The Bertz CT molecular complexity index is 560. The van der Waals surface area contributed by atoms with Crippen LogP contribution in [0.3, 0.4) is 0 Å². The summed E-state index contributed by atoms with van der Waals surface area (Å²) < 4.78 is 26.0. The molecule has 2 N–H and O–H groups in total. The maximum atomic E-state index is 12.3. The number of nitrogens with zero attached hydrogens (tertiary/aromatic N) is 1. The van der Waals surface area contributed by atoms with Crippen molar-refractivity contribution in [3.05, 3.63) is 15.4 Å². The lowest BCUT2D eigenvalue weighted by Gasteiger charge is -2.21. The number of hydrogen-bond donors (Lipinski definition) is 2. The number of nitrogens with one attached hydrogen (secondary N) is 1. The zero-order valence-corrected chi connectivity index (χ0v) is 11.0. The van der Waals surface area contributed by atoms with Crippen LogP contribution in [0, 0.1) is 6.92 Å². The van der Waals surface area contributed by atoms with Crippen LogP contribution in [0.2, 0.25) is 0 Å². The number of sulfonamides is 1. The van der Waals surface area contributed by atoms with Gasteiger partial charge in [-0.05, 0) is 19.8 Å². The highest BCUT2D eigenvalue weighted by Crippen LogP contribution is 2.28. The number of hydrogen-bond acceptors (Lipinski definition) is 5. The lowest BCUT2D eigenvalue weighted by molar-refractivity contribution is 0.213. The predicted molar refractivity (Wildman–Crippen MR) is 63.7 cm³/mol. The number of aryl methyl sites for hydroxylation is 1. The smallest absolute Gasteiger partial charge is 0.305 e. The van der Waals surface area contributed by atoms with Crippen molar-refractivity contribution in [3.63, 3.8) is 0 Å². The number of aromatic nitrogens is 1. The van der Waals surface area contributed by atoms with Crippen molar-refractivity contribution in [1.29, 1.82) is 0 Å². The summed E-state index contributed by atoms with van der Waals surface area (Å²) in [7, 11) is -3.65. The Labute approximate surface area is 103 Å². The van der Waals surface area contributed by atoms with E-state index in [0.29, 0.717) is 30.0 Å². The second-order valence-corrected chi connectivity index (χ2v) is 7.09. The number of aliphatic hydroxyl groups excluding tert-OH is 1. The van der Waals surface area contributed by atoms with Crippen molar-refractivity contribution in [3.8, 4) is 0 Å². The first-order chi connectivity index (χ1) is 7.96. The molecule has 0 aromatic carbocycles. The molecule has 1 saturated heterocycles. The van der Waals surface area contributed by atoms with E-state index in [1.54, 1.807) is 6.92 Å². The van der Waals surface area contributed by atoms with Crippen LogP contribution in [-0.2, 0) is 10.0 Å². The molecule has 0 saturated carbocycles. The largest absolute Gasteiger partial charge is 0.395 e. The molecule has 1 unspecified atom stereocenters. The summed E-state index contributed by atoms with van der Waals surface area (Å²) in [6.45, 7) is 1.78. The van der Waals surface area contributed by atoms with Crippen LogP contribution < -0.4 is 4.87 Å². The fraction of sp³-hybridized carbons (Fsp3) is 0.667. The molecule has 0 bridgehead atoms. The van der Waals surface area contributed by atoms with E-state index < -0.39 is 10.0 Å². The molecular weight excluding hydrogens is 264 g/mol. The molecule has 2 heterocycles. The van der Waals surface area contributed by atoms with E-state index in [2.05, 4.69) is 4.98 Å². The quantitative estimate of drug-likeness (QED) is 0.807. The first kappa shape index (κ1) is 12.7. The molecule has 0 aliphatic carbocycles. The molecule has 1 atom stereocenters. The molecule has 0 amide bonds. The first-order valence-corrected chi connectivity index (χ1v) is 7.55. The summed E-state index contributed by atoms with van der Waals surface area (Å²) >= 11 is 0.698. The normalized spacial score (nSPS) is 22.1. The van der Waals surface area contributed by atoms with Gasteiger partial charge in [0.15, 0.2) is 4.21 Å². The highest BCUT2D eigenvalue weighted by atomic mass is 32.2. The number of H-pyrrole nitrogens is 1. The Kier molecular flexibility index (Phi) is 3.39. The Hall–Kier alpha value is -0.700. The van der Waals surface area contributed by atoms with Crippen molar-refractivity contribution in [1.82, 2.24) is 9.29 Å². The summed E-state index contributed by atoms with van der Waals surface area (Å²) in [5.41, 5.74) is 0.364. The molecule has 6 nitrogen and oxygen atoms in total. The maximum absolute atomic E-state index is 12.3. The highest BCUT2D eigenvalue weighted by molar-refractivity contribution is 7.91. The second-order valence-electron chi connectivity index (χ2n) is 4.02. The van der Waals surface area contributed by atoms with Crippen molar-refractivity contribution in [2.24, 2.45) is 0 Å². The van der Waals surface area contributed by atoms with Gasteiger partial charge in [0.05, 0.1) is 6.61 Å². The average Bonchev–Trinajstić information content (AvgIpc) is 2.84. The molecule has 0 spiro atoms. The van der Waals surface area contributed by atoms with Crippen molar-refractivity contribution < 1.29 is 13.5 Å². The predicted octanol–water partition coefficient (Wildman–Crippen LogP) is -0.110. The fourth-order valence-electron chi connectivity index (χ4n) is 2.05. The Morgan fingerprint density at radius 1 is 1.59 bits per heavy atom. The summed E-state index contributed by atoms with van der Waals surface area (Å²) in [5.74, 6) is 0. The second kappa shape index (κ2) is 4.52. The van der Waals surface area contributed by atoms with Gasteiger partial charge in [-0.25, -0.2) is 8.42 Å². The van der Waals surface area contributed by atoms with E-state index in [1.807, 2.05) is 0 Å². The van der Waals surface area contributed by atoms with Crippen LogP contribution in [0.1, 0.15) is 18.5 Å². The molecule has 96 valence electrons. The Morgan fingerprint density at radius 2 is 2.29 bits per heavy atom. The van der Waals surface area contributed by atoms with Gasteiger partial charge in [-0.15, -0.1) is 0 Å². The summed E-state index contributed by atoms with van der Waals surface area (Å²) in [4.78, 5) is 13.2. The lowest BCUT2D eigenvalue weighted by Crippen LogP contribution is -2.37. The minimum Gasteiger partial charge on any atom is -0.395 e. The molecule has 1 aromatic heterocycles. The van der Waals surface area contributed by atoms with Crippen LogP contribution in [-0.4, -0.2) is 42.0 Å². The van der Waals surface area contributed by atoms with E-state index in [0.717, 1.165) is 6.42 Å². The van der Waals surface area contributed by atoms with Gasteiger partial charge in [-0.1, -0.05) is 11.3 Å². The molecule has 1 aliphatic heterocycles. The molecule has 1 aliphatic rings. The highest BCUT2D eigenvalue weighted by Gasteiger charge is 2.36. The van der Waals surface area contributed by atoms with E-state index in [4.69, 9.17) is 5.11 Å². The zero-order chi connectivity index (χ0) is 12.6. The van der Waals surface area contributed by atoms with Gasteiger partial charge in [0.2, 0.25) is 0 Å². The van der Waals surface area contributed by atoms with Gasteiger partial charge in [0, 0.05) is 18.3 Å². The van der Waals surface area contributed by atoms with Crippen molar-refractivity contribution >= 4 is 21.4 Å². The minimum atomic E-state index is -3.65. The van der Waals surface area contributed by atoms with E-state index in [9.17, 15) is 13.2 Å². The number of aromatic amines is 1. The third-order valence-corrected chi connectivity index (χ3v) is 6.39. The summed E-state index contributed by atoms with van der Waals surface area (Å²) in [6.07, 6.45) is 1.40. The van der Waals surface area contributed by atoms with Crippen LogP contribution in [0.5, 0.6) is 0 Å². The number of aliphatic hydroxyl groups is 1. The zero-order valence-electron chi connectivity index (χ0n) is 9.34. The fourth-order valence-corrected chi connectivity index (χ4v) is 5.15. The van der Waals surface area contributed by atoms with Gasteiger partial charge in [0.1, 0.15) is 0 Å². The molecule has 0 radical (unpaired) electrons. The topological polar surface area (TPSA) is 90.5 Å². The van der Waals surface area contributed by atoms with Crippen LogP contribution in [0.15, 0.2) is 9.00 Å². The minimum absolute atomic E-state index is 0.0582. The third-order valence-electron chi connectivity index (χ3n) is 2.86. The van der Waals surface area contributed by atoms with E-state index >= 15 is 0 Å². The Morgan fingerprint density at radius 3 is 2.82 bits per heavy atom. The molecule has 8 heteroatoms. The first-order valence-electron chi connectivity index (χ1n) is 5.29. The molecular formula is C9H14N2O4S2. The number of rotatable bonds is 3. The maximum Gasteiger partial charge on any atom is 0.305 e. The van der Waals surface area contributed by atoms with E-state index in [1.165, 1.54) is 4.31 Å². The van der Waals surface area contributed by atoms with Crippen LogP contribution in [0.4, 0.5) is 0 Å². The summed E-state index contributed by atoms with van der Waals surface area (Å²) in [6, 6.07) is -0.364. The van der Waals surface area contributed by atoms with Gasteiger partial charge >= 0.3 is 4.87 Å². The lowest BCUT2D eigenvalue weighted by atomic mass is 10.2. The summed E-state index contributed by atoms with van der Waals surface area (Å²) in [5, 5.41) is 9.15. The Balaban J connectivity index is 2.43. The van der Waals surface area contributed by atoms with Gasteiger partial charge in [-0.3, -0.25) is 4.79 Å². The van der Waals surface area contributed by atoms with Crippen LogP contribution >= 0.6 is 11.3 Å². The SMILES string of the molecule is Cc1[nH]c(=O)sc1S(=O)(=O)N1CCCC1CO. The number of thiazole rings is 1.